The summed E-state index contributed by atoms with van der Waals surface area (Å²) in [4.78, 5) is 6.68. The van der Waals surface area contributed by atoms with Crippen molar-refractivity contribution in [3.63, 3.8) is 0 Å². The summed E-state index contributed by atoms with van der Waals surface area (Å²) < 4.78 is 25.2. The van der Waals surface area contributed by atoms with Crippen LogP contribution in [0.25, 0.3) is 10.9 Å². The molecule has 0 saturated carbocycles. The van der Waals surface area contributed by atoms with Gasteiger partial charge in [0.1, 0.15) is 0 Å². The molecule has 0 spiro atoms. The zero-order chi connectivity index (χ0) is 13.8. The standard InChI is InChI=1S/C13H16BFN2O2/c1-12(2)13(3,4)19-14(18-12)9-6-16-10-7-17-11(15)5-8(9)10/h5-7,16H,1-4H3. The average molecular weight is 262 g/mol. The fourth-order valence-electron chi connectivity index (χ4n) is 2.18. The Hall–Kier alpha value is -1.40. The van der Waals surface area contributed by atoms with E-state index in [1.165, 1.54) is 12.3 Å². The predicted octanol–water partition coefficient (Wildman–Crippen LogP) is 2.00. The lowest BCUT2D eigenvalue weighted by Crippen LogP contribution is -2.41. The van der Waals surface area contributed by atoms with E-state index in [1.807, 2.05) is 27.7 Å². The molecule has 0 bridgehead atoms. The molecule has 3 rings (SSSR count). The van der Waals surface area contributed by atoms with Gasteiger partial charge in [-0.1, -0.05) is 0 Å². The number of H-pyrrole nitrogens is 1. The fourth-order valence-corrected chi connectivity index (χ4v) is 2.18. The molecule has 1 N–H and O–H groups in total. The fraction of sp³-hybridized carbons (Fsp3) is 0.462. The Kier molecular flexibility index (Phi) is 2.53. The monoisotopic (exact) mass is 262 g/mol. The molecule has 2 aromatic heterocycles. The van der Waals surface area contributed by atoms with Gasteiger partial charge in [-0.05, 0) is 27.7 Å². The third-order valence-corrected chi connectivity index (χ3v) is 4.07. The number of aromatic nitrogens is 2. The lowest BCUT2D eigenvalue weighted by Gasteiger charge is -2.32. The highest BCUT2D eigenvalue weighted by Crippen LogP contribution is 2.36. The maximum atomic E-state index is 13.3. The summed E-state index contributed by atoms with van der Waals surface area (Å²) in [6.45, 7) is 7.96. The lowest BCUT2D eigenvalue weighted by atomic mass is 9.79. The van der Waals surface area contributed by atoms with Crippen molar-refractivity contribution in [1.29, 1.82) is 0 Å². The van der Waals surface area contributed by atoms with Crippen molar-refractivity contribution in [2.45, 2.75) is 38.9 Å². The Bertz CT molecular complexity index is 623. The molecule has 0 amide bonds. The highest BCUT2D eigenvalue weighted by Gasteiger charge is 2.52. The van der Waals surface area contributed by atoms with Crippen molar-refractivity contribution in [3.05, 3.63) is 24.4 Å². The molecule has 0 unspecified atom stereocenters. The number of nitrogens with one attached hydrogen (secondary N) is 1. The Morgan fingerprint density at radius 3 is 2.47 bits per heavy atom. The predicted molar refractivity (Wildman–Crippen MR) is 71.8 cm³/mol. The molecule has 2 aromatic rings. The van der Waals surface area contributed by atoms with Crippen molar-refractivity contribution in [2.75, 3.05) is 0 Å². The molecule has 0 atom stereocenters. The number of halogens is 1. The van der Waals surface area contributed by atoms with Crippen LogP contribution in [-0.4, -0.2) is 28.3 Å². The largest absolute Gasteiger partial charge is 0.497 e. The van der Waals surface area contributed by atoms with Gasteiger partial charge in [0.2, 0.25) is 5.95 Å². The van der Waals surface area contributed by atoms with Crippen LogP contribution in [0.3, 0.4) is 0 Å². The molecule has 0 radical (unpaired) electrons. The third kappa shape index (κ3) is 1.86. The molecule has 1 aliphatic heterocycles. The van der Waals surface area contributed by atoms with E-state index < -0.39 is 24.3 Å². The van der Waals surface area contributed by atoms with Gasteiger partial charge >= 0.3 is 7.12 Å². The van der Waals surface area contributed by atoms with E-state index >= 15 is 0 Å². The van der Waals surface area contributed by atoms with Gasteiger partial charge in [0.05, 0.1) is 22.9 Å². The number of hydrogen-bond donors (Lipinski definition) is 1. The molecule has 100 valence electrons. The van der Waals surface area contributed by atoms with E-state index in [2.05, 4.69) is 9.97 Å². The van der Waals surface area contributed by atoms with Crippen molar-refractivity contribution in [1.82, 2.24) is 9.97 Å². The van der Waals surface area contributed by atoms with Gasteiger partial charge in [0.25, 0.3) is 0 Å². The molecular formula is C13H16BFN2O2. The Labute approximate surface area is 111 Å². The molecule has 6 heteroatoms. The topological polar surface area (TPSA) is 47.1 Å². The van der Waals surface area contributed by atoms with Crippen LogP contribution in [-0.2, 0) is 9.31 Å². The summed E-state index contributed by atoms with van der Waals surface area (Å²) in [7, 11) is -0.499. The van der Waals surface area contributed by atoms with Crippen molar-refractivity contribution < 1.29 is 13.7 Å². The number of fused-ring (bicyclic) bond motifs is 1. The number of nitrogens with zero attached hydrogens (tertiary/aromatic N) is 1. The van der Waals surface area contributed by atoms with Crippen molar-refractivity contribution in [3.8, 4) is 0 Å². The summed E-state index contributed by atoms with van der Waals surface area (Å²) in [6.07, 6.45) is 3.26. The minimum Gasteiger partial charge on any atom is -0.399 e. The second kappa shape index (κ2) is 3.80. The minimum atomic E-state index is -0.509. The van der Waals surface area contributed by atoms with E-state index in [0.29, 0.717) is 0 Å². The number of pyridine rings is 1. The third-order valence-electron chi connectivity index (χ3n) is 4.07. The van der Waals surface area contributed by atoms with E-state index in [9.17, 15) is 4.39 Å². The SMILES string of the molecule is CC1(C)OB(c2c[nH]c3cnc(F)cc23)OC1(C)C. The van der Waals surface area contributed by atoms with Crippen LogP contribution in [0, 0.1) is 5.95 Å². The average Bonchev–Trinajstić information content (AvgIpc) is 2.77. The first-order valence-corrected chi connectivity index (χ1v) is 6.28. The van der Waals surface area contributed by atoms with Gasteiger partial charge in [-0.2, -0.15) is 4.39 Å². The van der Waals surface area contributed by atoms with Crippen LogP contribution >= 0.6 is 0 Å². The molecule has 1 fully saturated rings. The quantitative estimate of drug-likeness (QED) is 0.631. The Balaban J connectivity index is 2.05. The smallest absolute Gasteiger partial charge is 0.399 e. The van der Waals surface area contributed by atoms with Gasteiger partial charge in [0, 0.05) is 23.1 Å². The van der Waals surface area contributed by atoms with E-state index in [0.717, 1.165) is 16.4 Å². The molecule has 0 aliphatic carbocycles. The molecule has 0 aromatic carbocycles. The first-order chi connectivity index (χ1) is 8.80. The molecule has 4 nitrogen and oxygen atoms in total. The van der Waals surface area contributed by atoms with Gasteiger partial charge in [0.15, 0.2) is 0 Å². The molecule has 3 heterocycles. The first-order valence-electron chi connectivity index (χ1n) is 6.28. The van der Waals surface area contributed by atoms with E-state index in [-0.39, 0.29) is 0 Å². The summed E-state index contributed by atoms with van der Waals surface area (Å²) in [5.41, 5.74) is 0.751. The van der Waals surface area contributed by atoms with E-state index in [1.54, 1.807) is 6.20 Å². The van der Waals surface area contributed by atoms with Crippen LogP contribution in [0.1, 0.15) is 27.7 Å². The molecule has 19 heavy (non-hydrogen) atoms. The number of hydrogen-bond acceptors (Lipinski definition) is 3. The van der Waals surface area contributed by atoms with Gasteiger partial charge < -0.3 is 14.3 Å². The van der Waals surface area contributed by atoms with E-state index in [4.69, 9.17) is 9.31 Å². The first kappa shape index (κ1) is 12.6. The highest BCUT2D eigenvalue weighted by molar-refractivity contribution is 6.65. The molecular weight excluding hydrogens is 246 g/mol. The Morgan fingerprint density at radius 1 is 1.21 bits per heavy atom. The summed E-state index contributed by atoms with van der Waals surface area (Å²) in [5.74, 6) is -0.509. The zero-order valence-electron chi connectivity index (χ0n) is 11.5. The van der Waals surface area contributed by atoms with Gasteiger partial charge in [-0.15, -0.1) is 0 Å². The molecule has 1 saturated heterocycles. The summed E-state index contributed by atoms with van der Waals surface area (Å²) in [5, 5.41) is 0.742. The van der Waals surface area contributed by atoms with Crippen LogP contribution in [0.5, 0.6) is 0 Å². The van der Waals surface area contributed by atoms with Crippen LogP contribution < -0.4 is 5.46 Å². The van der Waals surface area contributed by atoms with Gasteiger partial charge in [-0.25, -0.2) is 4.98 Å². The highest BCUT2D eigenvalue weighted by atomic mass is 19.1. The zero-order valence-corrected chi connectivity index (χ0v) is 11.5. The summed E-state index contributed by atoms with van der Waals surface area (Å²) in [6, 6.07) is 1.40. The second-order valence-electron chi connectivity index (χ2n) is 5.88. The lowest BCUT2D eigenvalue weighted by molar-refractivity contribution is 0.00578. The second-order valence-corrected chi connectivity index (χ2v) is 5.88. The van der Waals surface area contributed by atoms with Crippen LogP contribution in [0.4, 0.5) is 4.39 Å². The van der Waals surface area contributed by atoms with Gasteiger partial charge in [-0.3, -0.25) is 0 Å². The number of rotatable bonds is 1. The van der Waals surface area contributed by atoms with Crippen LogP contribution in [0.15, 0.2) is 18.5 Å². The van der Waals surface area contributed by atoms with Crippen molar-refractivity contribution >= 4 is 23.5 Å². The maximum Gasteiger partial charge on any atom is 0.497 e. The summed E-state index contributed by atoms with van der Waals surface area (Å²) >= 11 is 0. The normalized spacial score (nSPS) is 21.2. The maximum absolute atomic E-state index is 13.3. The molecule has 1 aliphatic rings. The van der Waals surface area contributed by atoms with Crippen molar-refractivity contribution in [2.24, 2.45) is 0 Å². The minimum absolute atomic E-state index is 0.410. The Morgan fingerprint density at radius 2 is 1.84 bits per heavy atom. The number of aromatic amines is 1. The van der Waals surface area contributed by atoms with Crippen LogP contribution in [0.2, 0.25) is 0 Å².